The molecule has 126 valence electrons. The lowest BCUT2D eigenvalue weighted by Crippen LogP contribution is -2.24. The van der Waals surface area contributed by atoms with Crippen LogP contribution in [-0.4, -0.2) is 24.5 Å². The topological polar surface area (TPSA) is 3.24 Å². The summed E-state index contributed by atoms with van der Waals surface area (Å²) in [4.78, 5) is 2.56. The van der Waals surface area contributed by atoms with E-state index in [1.54, 1.807) is 0 Å². The number of hydrogen-bond acceptors (Lipinski definition) is 1. The SMILES string of the molecule is CC(=CCN1CCCCCC1)c1ccc(-c2ccc(F)cc2)cc1. The van der Waals surface area contributed by atoms with Crippen LogP contribution >= 0.6 is 0 Å². The lowest BCUT2D eigenvalue weighted by molar-refractivity contribution is 0.316. The van der Waals surface area contributed by atoms with Crippen LogP contribution in [0.1, 0.15) is 38.2 Å². The molecule has 0 saturated carbocycles. The van der Waals surface area contributed by atoms with E-state index in [2.05, 4.69) is 42.2 Å². The molecule has 24 heavy (non-hydrogen) atoms. The highest BCUT2D eigenvalue weighted by Gasteiger charge is 2.07. The molecule has 2 aromatic carbocycles. The van der Waals surface area contributed by atoms with Gasteiger partial charge in [0.15, 0.2) is 0 Å². The van der Waals surface area contributed by atoms with Crippen molar-refractivity contribution in [2.45, 2.75) is 32.6 Å². The Morgan fingerprint density at radius 1 is 0.875 bits per heavy atom. The predicted molar refractivity (Wildman–Crippen MR) is 100 cm³/mol. The molecule has 3 rings (SSSR count). The van der Waals surface area contributed by atoms with E-state index in [0.717, 1.165) is 17.7 Å². The molecular formula is C22H26FN. The van der Waals surface area contributed by atoms with Gasteiger partial charge in [0.2, 0.25) is 0 Å². The van der Waals surface area contributed by atoms with Crippen molar-refractivity contribution in [3.05, 3.63) is 66.0 Å². The average Bonchev–Trinajstić information content (AvgIpc) is 2.89. The molecule has 1 heterocycles. The molecule has 0 N–H and O–H groups in total. The molecule has 1 saturated heterocycles. The Morgan fingerprint density at radius 3 is 2.00 bits per heavy atom. The third-order valence-corrected chi connectivity index (χ3v) is 4.87. The summed E-state index contributed by atoms with van der Waals surface area (Å²) in [6.07, 6.45) is 7.77. The highest BCUT2D eigenvalue weighted by atomic mass is 19.1. The maximum absolute atomic E-state index is 13.0. The number of halogens is 1. The van der Waals surface area contributed by atoms with E-state index in [1.807, 2.05) is 12.1 Å². The summed E-state index contributed by atoms with van der Waals surface area (Å²) in [5, 5.41) is 0. The normalized spacial score (nSPS) is 16.8. The number of nitrogens with zero attached hydrogens (tertiary/aromatic N) is 1. The largest absolute Gasteiger partial charge is 0.300 e. The van der Waals surface area contributed by atoms with Crippen molar-refractivity contribution in [3.8, 4) is 11.1 Å². The maximum Gasteiger partial charge on any atom is 0.123 e. The zero-order valence-electron chi connectivity index (χ0n) is 14.5. The van der Waals surface area contributed by atoms with Gasteiger partial charge in [0, 0.05) is 6.54 Å². The smallest absolute Gasteiger partial charge is 0.123 e. The summed E-state index contributed by atoms with van der Waals surface area (Å²) in [5.41, 5.74) is 4.76. The summed E-state index contributed by atoms with van der Waals surface area (Å²) in [6, 6.07) is 15.2. The first-order chi connectivity index (χ1) is 11.7. The van der Waals surface area contributed by atoms with Gasteiger partial charge >= 0.3 is 0 Å². The van der Waals surface area contributed by atoms with E-state index in [1.165, 1.54) is 62.0 Å². The van der Waals surface area contributed by atoms with E-state index in [4.69, 9.17) is 0 Å². The van der Waals surface area contributed by atoms with Crippen LogP contribution in [0.3, 0.4) is 0 Å². The van der Waals surface area contributed by atoms with Gasteiger partial charge in [0.05, 0.1) is 0 Å². The standard InChI is InChI=1S/C22H26FN/c1-18(14-17-24-15-4-2-3-5-16-24)19-6-8-20(9-7-19)21-10-12-22(23)13-11-21/h6-14H,2-5,15-17H2,1H3. The van der Waals surface area contributed by atoms with Crippen molar-refractivity contribution in [2.75, 3.05) is 19.6 Å². The van der Waals surface area contributed by atoms with Crippen molar-refractivity contribution in [3.63, 3.8) is 0 Å². The molecule has 0 radical (unpaired) electrons. The van der Waals surface area contributed by atoms with Crippen molar-refractivity contribution >= 4 is 5.57 Å². The molecule has 1 fully saturated rings. The molecule has 0 aromatic heterocycles. The molecule has 0 amide bonds. The average molecular weight is 323 g/mol. The van der Waals surface area contributed by atoms with E-state index < -0.39 is 0 Å². The summed E-state index contributed by atoms with van der Waals surface area (Å²) >= 11 is 0. The molecular weight excluding hydrogens is 297 g/mol. The van der Waals surface area contributed by atoms with Gasteiger partial charge < -0.3 is 0 Å². The minimum atomic E-state index is -0.192. The van der Waals surface area contributed by atoms with E-state index in [-0.39, 0.29) is 5.82 Å². The van der Waals surface area contributed by atoms with Gasteiger partial charge in [-0.15, -0.1) is 0 Å². The van der Waals surface area contributed by atoms with Gasteiger partial charge in [-0.2, -0.15) is 0 Å². The zero-order chi connectivity index (χ0) is 16.8. The number of allylic oxidation sites excluding steroid dienone is 1. The summed E-state index contributed by atoms with van der Waals surface area (Å²) in [7, 11) is 0. The molecule has 0 bridgehead atoms. The molecule has 1 nitrogen and oxygen atoms in total. The quantitative estimate of drug-likeness (QED) is 0.690. The van der Waals surface area contributed by atoms with Gasteiger partial charge in [-0.1, -0.05) is 55.3 Å². The van der Waals surface area contributed by atoms with E-state index >= 15 is 0 Å². The fourth-order valence-electron chi connectivity index (χ4n) is 3.27. The lowest BCUT2D eigenvalue weighted by atomic mass is 10.0. The van der Waals surface area contributed by atoms with E-state index in [9.17, 15) is 4.39 Å². The molecule has 0 aliphatic carbocycles. The van der Waals surface area contributed by atoms with Gasteiger partial charge in [-0.25, -0.2) is 4.39 Å². The molecule has 1 aliphatic heterocycles. The van der Waals surface area contributed by atoms with Crippen LogP contribution in [-0.2, 0) is 0 Å². The number of benzene rings is 2. The van der Waals surface area contributed by atoms with Crippen molar-refractivity contribution in [1.82, 2.24) is 4.90 Å². The Bertz CT molecular complexity index is 662. The monoisotopic (exact) mass is 323 g/mol. The van der Waals surface area contributed by atoms with Crippen LogP contribution in [0.25, 0.3) is 16.7 Å². The van der Waals surface area contributed by atoms with Crippen LogP contribution in [0.15, 0.2) is 54.6 Å². The second-order valence-corrected chi connectivity index (χ2v) is 6.69. The maximum atomic E-state index is 13.0. The van der Waals surface area contributed by atoms with Crippen LogP contribution in [0.5, 0.6) is 0 Å². The Hall–Kier alpha value is -1.93. The highest BCUT2D eigenvalue weighted by Crippen LogP contribution is 2.23. The lowest BCUT2D eigenvalue weighted by Gasteiger charge is -2.18. The van der Waals surface area contributed by atoms with Crippen molar-refractivity contribution in [2.24, 2.45) is 0 Å². The second kappa shape index (κ2) is 8.25. The minimum absolute atomic E-state index is 0.192. The van der Waals surface area contributed by atoms with Gasteiger partial charge in [-0.05, 0) is 67.3 Å². The van der Waals surface area contributed by atoms with Crippen LogP contribution < -0.4 is 0 Å². The highest BCUT2D eigenvalue weighted by molar-refractivity contribution is 5.69. The molecule has 0 spiro atoms. The first-order valence-electron chi connectivity index (χ1n) is 8.98. The van der Waals surface area contributed by atoms with Crippen molar-refractivity contribution < 1.29 is 4.39 Å². The summed E-state index contributed by atoms with van der Waals surface area (Å²) < 4.78 is 13.0. The molecule has 1 aliphatic rings. The summed E-state index contributed by atoms with van der Waals surface area (Å²) in [5.74, 6) is -0.192. The first kappa shape index (κ1) is 16.9. The van der Waals surface area contributed by atoms with Gasteiger partial charge in [0.1, 0.15) is 5.82 Å². The Balaban J connectivity index is 1.65. The zero-order valence-corrected chi connectivity index (χ0v) is 14.5. The summed E-state index contributed by atoms with van der Waals surface area (Å²) in [6.45, 7) is 5.69. The number of likely N-dealkylation sites (tertiary alicyclic amines) is 1. The Morgan fingerprint density at radius 2 is 1.42 bits per heavy atom. The molecule has 2 heteroatoms. The van der Waals surface area contributed by atoms with Gasteiger partial charge in [-0.3, -0.25) is 4.90 Å². The molecule has 2 aromatic rings. The minimum Gasteiger partial charge on any atom is -0.300 e. The fraction of sp³-hybridized carbons (Fsp3) is 0.364. The fourth-order valence-corrected chi connectivity index (χ4v) is 3.27. The first-order valence-corrected chi connectivity index (χ1v) is 8.98. The Labute approximate surface area is 144 Å². The van der Waals surface area contributed by atoms with Crippen LogP contribution in [0.2, 0.25) is 0 Å². The van der Waals surface area contributed by atoms with Gasteiger partial charge in [0.25, 0.3) is 0 Å². The van der Waals surface area contributed by atoms with E-state index in [0.29, 0.717) is 0 Å². The number of hydrogen-bond donors (Lipinski definition) is 0. The van der Waals surface area contributed by atoms with Crippen LogP contribution in [0.4, 0.5) is 4.39 Å². The third kappa shape index (κ3) is 4.55. The van der Waals surface area contributed by atoms with Crippen LogP contribution in [0, 0.1) is 5.82 Å². The second-order valence-electron chi connectivity index (χ2n) is 6.69. The van der Waals surface area contributed by atoms with Crippen molar-refractivity contribution in [1.29, 1.82) is 0 Å². The molecule has 0 unspecified atom stereocenters. The Kier molecular flexibility index (Phi) is 5.81. The predicted octanol–water partition coefficient (Wildman–Crippen LogP) is 5.77. The molecule has 0 atom stereocenters. The third-order valence-electron chi connectivity index (χ3n) is 4.87. The number of rotatable bonds is 4.